The van der Waals surface area contributed by atoms with Crippen LogP contribution in [0.3, 0.4) is 0 Å². The van der Waals surface area contributed by atoms with Gasteiger partial charge in [0.25, 0.3) is 0 Å². The van der Waals surface area contributed by atoms with Gasteiger partial charge in [0.05, 0.1) is 0 Å². The van der Waals surface area contributed by atoms with E-state index >= 15 is 0 Å². The summed E-state index contributed by atoms with van der Waals surface area (Å²) >= 11 is 0. The number of aromatic hydroxyl groups is 1. The van der Waals surface area contributed by atoms with Crippen LogP contribution in [0.2, 0.25) is 0 Å². The third-order valence-electron chi connectivity index (χ3n) is 2.35. The van der Waals surface area contributed by atoms with Gasteiger partial charge >= 0.3 is 0 Å². The number of phenolic OH excluding ortho intramolecular Hbond substituents is 1. The third kappa shape index (κ3) is 1.76. The lowest BCUT2D eigenvalue weighted by atomic mass is 10.0. The normalized spacial score (nSPS) is 10.2. The Hall–Kier alpha value is -2.03. The predicted octanol–water partition coefficient (Wildman–Crippen LogP) is 2.34. The maximum Gasteiger partial charge on any atom is 0.125 e. The van der Waals surface area contributed by atoms with Crippen LogP contribution in [0, 0.1) is 6.92 Å². The van der Waals surface area contributed by atoms with Crippen LogP contribution in [-0.4, -0.2) is 10.1 Å². The molecular formula is C12H12N2O. The highest BCUT2D eigenvalue weighted by molar-refractivity contribution is 5.74. The summed E-state index contributed by atoms with van der Waals surface area (Å²) in [5.41, 5.74) is 8.88. The van der Waals surface area contributed by atoms with E-state index in [-0.39, 0.29) is 5.75 Å². The van der Waals surface area contributed by atoms with E-state index in [1.54, 1.807) is 30.6 Å². The Morgan fingerprint density at radius 3 is 2.67 bits per heavy atom. The number of nitrogens with zero attached hydrogens (tertiary/aromatic N) is 1. The number of nitrogens with two attached hydrogens (primary N) is 1. The monoisotopic (exact) mass is 200 g/mol. The Kier molecular flexibility index (Phi) is 2.29. The highest BCUT2D eigenvalue weighted by Gasteiger charge is 2.06. The molecule has 0 aliphatic rings. The van der Waals surface area contributed by atoms with Crippen molar-refractivity contribution in [1.29, 1.82) is 0 Å². The molecule has 0 fully saturated rings. The van der Waals surface area contributed by atoms with E-state index in [9.17, 15) is 5.11 Å². The summed E-state index contributed by atoms with van der Waals surface area (Å²) in [6.45, 7) is 1.98. The van der Waals surface area contributed by atoms with Crippen LogP contribution in [0.1, 0.15) is 5.56 Å². The maximum atomic E-state index is 9.76. The predicted molar refractivity (Wildman–Crippen MR) is 60.5 cm³/mol. The molecule has 15 heavy (non-hydrogen) atoms. The van der Waals surface area contributed by atoms with Crippen molar-refractivity contribution < 1.29 is 5.11 Å². The highest BCUT2D eigenvalue weighted by Crippen LogP contribution is 2.31. The quantitative estimate of drug-likeness (QED) is 0.694. The van der Waals surface area contributed by atoms with E-state index in [2.05, 4.69) is 4.98 Å². The van der Waals surface area contributed by atoms with Crippen LogP contribution in [0.15, 0.2) is 36.7 Å². The Balaban J connectivity index is 2.60. The van der Waals surface area contributed by atoms with Crippen molar-refractivity contribution in [2.45, 2.75) is 6.92 Å². The Morgan fingerprint density at radius 1 is 1.20 bits per heavy atom. The van der Waals surface area contributed by atoms with Crippen molar-refractivity contribution in [2.75, 3.05) is 5.73 Å². The summed E-state index contributed by atoms with van der Waals surface area (Å²) in [5.74, 6) is 0.186. The molecule has 3 nitrogen and oxygen atoms in total. The molecule has 0 unspecified atom stereocenters. The Bertz CT molecular complexity index is 495. The topological polar surface area (TPSA) is 59.1 Å². The minimum atomic E-state index is 0.186. The number of benzene rings is 1. The smallest absolute Gasteiger partial charge is 0.125 e. The molecule has 0 saturated heterocycles. The van der Waals surface area contributed by atoms with Gasteiger partial charge in [0.1, 0.15) is 5.75 Å². The fourth-order valence-corrected chi connectivity index (χ4v) is 1.52. The second-order valence-corrected chi connectivity index (χ2v) is 3.47. The number of pyridine rings is 1. The number of aromatic nitrogens is 1. The van der Waals surface area contributed by atoms with Gasteiger partial charge in [-0.2, -0.15) is 0 Å². The number of aryl methyl sites for hydroxylation is 1. The van der Waals surface area contributed by atoms with Crippen LogP contribution in [0.4, 0.5) is 5.69 Å². The average Bonchev–Trinajstić information content (AvgIpc) is 2.20. The number of rotatable bonds is 1. The summed E-state index contributed by atoms with van der Waals surface area (Å²) in [4.78, 5) is 4.04. The molecule has 2 rings (SSSR count). The average molecular weight is 200 g/mol. The first-order valence-electron chi connectivity index (χ1n) is 4.68. The number of hydrogen-bond acceptors (Lipinski definition) is 3. The van der Waals surface area contributed by atoms with Crippen molar-refractivity contribution in [3.63, 3.8) is 0 Å². The van der Waals surface area contributed by atoms with Crippen molar-refractivity contribution in [1.82, 2.24) is 4.98 Å². The molecule has 1 heterocycles. The molecule has 3 N–H and O–H groups in total. The first-order valence-corrected chi connectivity index (χ1v) is 4.68. The SMILES string of the molecule is Cc1ccncc1-c1ccc(N)cc1O. The number of nitrogen functional groups attached to an aromatic ring is 1. The Labute approximate surface area is 88.2 Å². The van der Waals surface area contributed by atoms with Crippen molar-refractivity contribution >= 4 is 5.69 Å². The summed E-state index contributed by atoms with van der Waals surface area (Å²) in [5, 5.41) is 9.76. The van der Waals surface area contributed by atoms with Gasteiger partial charge in [-0.05, 0) is 30.7 Å². The van der Waals surface area contributed by atoms with Gasteiger partial charge in [-0.3, -0.25) is 4.98 Å². The molecule has 76 valence electrons. The van der Waals surface area contributed by atoms with E-state index in [0.29, 0.717) is 5.69 Å². The Morgan fingerprint density at radius 2 is 2.00 bits per heavy atom. The molecule has 0 amide bonds. The number of hydrogen-bond donors (Lipinski definition) is 2. The molecule has 0 atom stereocenters. The lowest BCUT2D eigenvalue weighted by Gasteiger charge is -2.07. The van der Waals surface area contributed by atoms with Gasteiger partial charge in [0, 0.05) is 35.3 Å². The van der Waals surface area contributed by atoms with Gasteiger partial charge in [0.15, 0.2) is 0 Å². The lowest BCUT2D eigenvalue weighted by Crippen LogP contribution is -1.88. The molecule has 0 saturated carbocycles. The third-order valence-corrected chi connectivity index (χ3v) is 2.35. The van der Waals surface area contributed by atoms with Crippen molar-refractivity contribution in [3.8, 4) is 16.9 Å². The zero-order valence-corrected chi connectivity index (χ0v) is 8.44. The zero-order chi connectivity index (χ0) is 10.8. The second-order valence-electron chi connectivity index (χ2n) is 3.47. The molecule has 3 heteroatoms. The first kappa shape index (κ1) is 9.52. The molecule has 2 aromatic rings. The molecule has 1 aromatic heterocycles. The summed E-state index contributed by atoms with van der Waals surface area (Å²) in [6, 6.07) is 7.02. The molecule has 1 aromatic carbocycles. The minimum absolute atomic E-state index is 0.186. The minimum Gasteiger partial charge on any atom is -0.507 e. The summed E-state index contributed by atoms with van der Waals surface area (Å²) in [6.07, 6.45) is 3.47. The van der Waals surface area contributed by atoms with Gasteiger partial charge in [-0.25, -0.2) is 0 Å². The largest absolute Gasteiger partial charge is 0.507 e. The van der Waals surface area contributed by atoms with E-state index in [0.717, 1.165) is 16.7 Å². The van der Waals surface area contributed by atoms with Crippen molar-refractivity contribution in [3.05, 3.63) is 42.2 Å². The highest BCUT2D eigenvalue weighted by atomic mass is 16.3. The fourth-order valence-electron chi connectivity index (χ4n) is 1.52. The van der Waals surface area contributed by atoms with Crippen LogP contribution in [-0.2, 0) is 0 Å². The summed E-state index contributed by atoms with van der Waals surface area (Å²) in [7, 11) is 0. The van der Waals surface area contributed by atoms with Crippen LogP contribution in [0.25, 0.3) is 11.1 Å². The second kappa shape index (κ2) is 3.61. The van der Waals surface area contributed by atoms with E-state index in [1.165, 1.54) is 0 Å². The molecule has 0 radical (unpaired) electrons. The van der Waals surface area contributed by atoms with E-state index in [4.69, 9.17) is 5.73 Å². The molecule has 0 aliphatic carbocycles. The number of anilines is 1. The standard InChI is InChI=1S/C12H12N2O/c1-8-4-5-14-7-11(8)10-3-2-9(13)6-12(10)15/h2-7,15H,13H2,1H3. The maximum absolute atomic E-state index is 9.76. The molecule has 0 spiro atoms. The van der Waals surface area contributed by atoms with Gasteiger partial charge < -0.3 is 10.8 Å². The van der Waals surface area contributed by atoms with Crippen molar-refractivity contribution in [2.24, 2.45) is 0 Å². The molecular weight excluding hydrogens is 188 g/mol. The first-order chi connectivity index (χ1) is 7.18. The zero-order valence-electron chi connectivity index (χ0n) is 8.44. The van der Waals surface area contributed by atoms with Gasteiger partial charge in [-0.1, -0.05) is 0 Å². The summed E-state index contributed by atoms with van der Waals surface area (Å²) < 4.78 is 0. The molecule has 0 aliphatic heterocycles. The van der Waals surface area contributed by atoms with Crippen LogP contribution < -0.4 is 5.73 Å². The van der Waals surface area contributed by atoms with Crippen LogP contribution >= 0.6 is 0 Å². The number of phenols is 1. The molecule has 0 bridgehead atoms. The van der Waals surface area contributed by atoms with Gasteiger partial charge in [0.2, 0.25) is 0 Å². The van der Waals surface area contributed by atoms with E-state index in [1.807, 2.05) is 13.0 Å². The fraction of sp³-hybridized carbons (Fsp3) is 0.0833. The van der Waals surface area contributed by atoms with E-state index < -0.39 is 0 Å². The van der Waals surface area contributed by atoms with Gasteiger partial charge in [-0.15, -0.1) is 0 Å². The lowest BCUT2D eigenvalue weighted by molar-refractivity contribution is 0.477. The van der Waals surface area contributed by atoms with Crippen LogP contribution in [0.5, 0.6) is 5.75 Å².